The summed E-state index contributed by atoms with van der Waals surface area (Å²) in [6.07, 6.45) is 0.230. The molecule has 0 bridgehead atoms. The van der Waals surface area contributed by atoms with E-state index in [4.69, 9.17) is 5.73 Å². The van der Waals surface area contributed by atoms with Gasteiger partial charge in [0.05, 0.1) is 17.6 Å². The highest BCUT2D eigenvalue weighted by Crippen LogP contribution is 2.19. The molecule has 1 aromatic heterocycles. The molecule has 0 saturated heterocycles. The number of aryl methyl sites for hydroxylation is 2. The number of carbonyl (C=O) groups excluding carboxylic acids is 1. The van der Waals surface area contributed by atoms with Crippen LogP contribution in [0.4, 0.5) is 5.95 Å². The van der Waals surface area contributed by atoms with E-state index in [1.807, 2.05) is 62.4 Å². The Kier molecular flexibility index (Phi) is 4.70. The Hall–Kier alpha value is -3.28. The quantitative estimate of drug-likeness (QED) is 0.569. The lowest BCUT2D eigenvalue weighted by molar-refractivity contribution is -0.119. The van der Waals surface area contributed by atoms with Gasteiger partial charge in [0.1, 0.15) is 0 Å². The van der Waals surface area contributed by atoms with Crippen molar-refractivity contribution < 1.29 is 4.79 Å². The summed E-state index contributed by atoms with van der Waals surface area (Å²) >= 11 is 0. The Morgan fingerprint density at radius 2 is 1.88 bits per heavy atom. The number of hydrogen-bond acceptors (Lipinski definition) is 4. The van der Waals surface area contributed by atoms with Gasteiger partial charge in [0.2, 0.25) is 11.9 Å². The van der Waals surface area contributed by atoms with Crippen molar-refractivity contribution in [1.82, 2.24) is 15.3 Å². The first-order valence-corrected chi connectivity index (χ1v) is 7.94. The first-order chi connectivity index (χ1) is 12.0. The molecule has 2 aromatic carbocycles. The first kappa shape index (κ1) is 16.6. The molecule has 0 saturated carbocycles. The molecule has 0 radical (unpaired) electrons. The van der Waals surface area contributed by atoms with Crippen LogP contribution < -0.4 is 11.1 Å². The van der Waals surface area contributed by atoms with Gasteiger partial charge in [-0.05, 0) is 31.0 Å². The van der Waals surface area contributed by atoms with Crippen LogP contribution in [0.15, 0.2) is 53.5 Å². The molecule has 1 amide bonds. The number of rotatable bonds is 3. The zero-order chi connectivity index (χ0) is 17.8. The van der Waals surface area contributed by atoms with Gasteiger partial charge in [-0.2, -0.15) is 4.99 Å². The SMILES string of the molecule is Cc1ccc2c(C)nc(/N=C(/N)NC(=O)Cc3ccccc3)nc2c1. The van der Waals surface area contributed by atoms with E-state index in [1.54, 1.807) is 0 Å². The molecule has 6 heteroatoms. The summed E-state index contributed by atoms with van der Waals surface area (Å²) in [4.78, 5) is 24.9. The smallest absolute Gasteiger partial charge is 0.253 e. The Labute approximate surface area is 145 Å². The number of nitrogens with zero attached hydrogens (tertiary/aromatic N) is 3. The fourth-order valence-corrected chi connectivity index (χ4v) is 2.54. The second kappa shape index (κ2) is 7.09. The minimum Gasteiger partial charge on any atom is -0.369 e. The van der Waals surface area contributed by atoms with Crippen molar-refractivity contribution in [3.05, 3.63) is 65.4 Å². The highest BCUT2D eigenvalue weighted by molar-refractivity contribution is 5.97. The van der Waals surface area contributed by atoms with E-state index in [0.29, 0.717) is 0 Å². The standard InChI is InChI=1S/C19H19N5O/c1-12-8-9-15-13(2)21-19(22-16(15)10-12)24-18(20)23-17(25)11-14-6-4-3-5-7-14/h3-10H,11H2,1-2H3,(H3,20,21,22,23,24,25). The molecule has 3 N–H and O–H groups in total. The molecular formula is C19H19N5O. The van der Waals surface area contributed by atoms with Gasteiger partial charge in [0, 0.05) is 5.39 Å². The molecule has 126 valence electrons. The Bertz CT molecular complexity index is 951. The lowest BCUT2D eigenvalue weighted by Gasteiger charge is -2.06. The number of amides is 1. The van der Waals surface area contributed by atoms with E-state index in [9.17, 15) is 4.79 Å². The molecular weight excluding hydrogens is 314 g/mol. The lowest BCUT2D eigenvalue weighted by atomic mass is 10.1. The largest absolute Gasteiger partial charge is 0.369 e. The number of guanidine groups is 1. The molecule has 0 spiro atoms. The molecule has 0 fully saturated rings. The minimum atomic E-state index is -0.235. The normalized spacial score (nSPS) is 11.5. The number of fused-ring (bicyclic) bond motifs is 1. The minimum absolute atomic E-state index is 0.0210. The number of nitrogens with one attached hydrogen (secondary N) is 1. The van der Waals surface area contributed by atoms with Crippen LogP contribution in [0.3, 0.4) is 0 Å². The highest BCUT2D eigenvalue weighted by Gasteiger charge is 2.07. The van der Waals surface area contributed by atoms with Gasteiger partial charge in [-0.1, -0.05) is 42.5 Å². The van der Waals surface area contributed by atoms with Crippen LogP contribution >= 0.6 is 0 Å². The summed E-state index contributed by atoms with van der Waals surface area (Å²) in [7, 11) is 0. The molecule has 3 rings (SSSR count). The summed E-state index contributed by atoms with van der Waals surface area (Å²) in [5, 5.41) is 3.53. The van der Waals surface area contributed by atoms with Crippen LogP contribution in [0.2, 0.25) is 0 Å². The average molecular weight is 333 g/mol. The third-order valence-corrected chi connectivity index (χ3v) is 3.73. The highest BCUT2D eigenvalue weighted by atomic mass is 16.1. The maximum Gasteiger partial charge on any atom is 0.253 e. The van der Waals surface area contributed by atoms with Gasteiger partial charge in [0.25, 0.3) is 5.95 Å². The summed E-state index contributed by atoms with van der Waals surface area (Å²) in [5.41, 5.74) is 9.44. The van der Waals surface area contributed by atoms with Crippen LogP contribution in [0.25, 0.3) is 10.9 Å². The molecule has 25 heavy (non-hydrogen) atoms. The fraction of sp³-hybridized carbons (Fsp3) is 0.158. The van der Waals surface area contributed by atoms with Gasteiger partial charge in [-0.25, -0.2) is 9.97 Å². The fourth-order valence-electron chi connectivity index (χ4n) is 2.54. The second-order valence-corrected chi connectivity index (χ2v) is 5.84. The molecule has 0 unspecified atom stereocenters. The van der Waals surface area contributed by atoms with Crippen molar-refractivity contribution in [2.45, 2.75) is 20.3 Å². The molecule has 6 nitrogen and oxygen atoms in total. The van der Waals surface area contributed by atoms with E-state index >= 15 is 0 Å². The number of nitrogens with two attached hydrogens (primary N) is 1. The van der Waals surface area contributed by atoms with Crippen LogP contribution in [-0.4, -0.2) is 21.8 Å². The third-order valence-electron chi connectivity index (χ3n) is 3.73. The molecule has 3 aromatic rings. The molecule has 0 atom stereocenters. The lowest BCUT2D eigenvalue weighted by Crippen LogP contribution is -2.37. The van der Waals surface area contributed by atoms with E-state index < -0.39 is 0 Å². The van der Waals surface area contributed by atoms with Crippen molar-refractivity contribution >= 4 is 28.7 Å². The topological polar surface area (TPSA) is 93.3 Å². The summed E-state index contributed by atoms with van der Waals surface area (Å²) in [5.74, 6) is -0.0266. The van der Waals surface area contributed by atoms with Crippen LogP contribution in [0.5, 0.6) is 0 Å². The van der Waals surface area contributed by atoms with E-state index in [0.717, 1.165) is 27.7 Å². The van der Waals surface area contributed by atoms with Gasteiger partial charge >= 0.3 is 0 Å². The number of aliphatic imine (C=N–C) groups is 1. The van der Waals surface area contributed by atoms with Crippen LogP contribution in [0, 0.1) is 13.8 Å². The van der Waals surface area contributed by atoms with Crippen molar-refractivity contribution in [3.8, 4) is 0 Å². The van der Waals surface area contributed by atoms with Crippen molar-refractivity contribution in [1.29, 1.82) is 0 Å². The zero-order valence-corrected chi connectivity index (χ0v) is 14.2. The van der Waals surface area contributed by atoms with E-state index in [1.165, 1.54) is 0 Å². The molecule has 1 heterocycles. The van der Waals surface area contributed by atoms with E-state index in [-0.39, 0.29) is 24.2 Å². The van der Waals surface area contributed by atoms with Crippen molar-refractivity contribution in [2.75, 3.05) is 0 Å². The molecule has 0 aliphatic rings. The summed E-state index contributed by atoms with van der Waals surface area (Å²) in [6.45, 7) is 3.89. The Morgan fingerprint density at radius 1 is 1.12 bits per heavy atom. The summed E-state index contributed by atoms with van der Waals surface area (Å²) in [6, 6.07) is 15.4. The number of carbonyl (C=O) groups is 1. The monoisotopic (exact) mass is 333 g/mol. The predicted molar refractivity (Wildman–Crippen MR) is 98.6 cm³/mol. The number of benzene rings is 2. The van der Waals surface area contributed by atoms with Crippen LogP contribution in [-0.2, 0) is 11.2 Å². The molecule has 0 aliphatic carbocycles. The van der Waals surface area contributed by atoms with Gasteiger partial charge in [0.15, 0.2) is 0 Å². The van der Waals surface area contributed by atoms with Gasteiger partial charge in [-0.15, -0.1) is 0 Å². The average Bonchev–Trinajstić information content (AvgIpc) is 2.54. The zero-order valence-electron chi connectivity index (χ0n) is 14.2. The third kappa shape index (κ3) is 4.17. The molecule has 0 aliphatic heterocycles. The predicted octanol–water partition coefficient (Wildman–Crippen LogP) is 2.55. The maximum absolute atomic E-state index is 12.0. The Morgan fingerprint density at radius 3 is 2.64 bits per heavy atom. The summed E-state index contributed by atoms with van der Waals surface area (Å²) < 4.78 is 0. The van der Waals surface area contributed by atoms with Crippen LogP contribution in [0.1, 0.15) is 16.8 Å². The van der Waals surface area contributed by atoms with Crippen molar-refractivity contribution in [2.24, 2.45) is 10.7 Å². The second-order valence-electron chi connectivity index (χ2n) is 5.84. The van der Waals surface area contributed by atoms with E-state index in [2.05, 4.69) is 20.3 Å². The van der Waals surface area contributed by atoms with Gasteiger partial charge in [-0.3, -0.25) is 10.1 Å². The van der Waals surface area contributed by atoms with Gasteiger partial charge < -0.3 is 5.73 Å². The number of hydrogen-bond donors (Lipinski definition) is 2. The first-order valence-electron chi connectivity index (χ1n) is 7.94. The van der Waals surface area contributed by atoms with Crippen molar-refractivity contribution in [3.63, 3.8) is 0 Å². The maximum atomic E-state index is 12.0. The number of aromatic nitrogens is 2. The Balaban J connectivity index is 1.77.